The Labute approximate surface area is 111 Å². The summed E-state index contributed by atoms with van der Waals surface area (Å²) in [6.07, 6.45) is 4.89. The maximum Gasteiger partial charge on any atom is 0.311 e. The topological polar surface area (TPSA) is 37.3 Å². The number of hydrogen-bond acceptors (Lipinski definition) is 1. The molecule has 0 amide bonds. The molecule has 1 aromatic carbocycles. The molecular formula is C14H16ClFO2. The first-order valence-electron chi connectivity index (χ1n) is 6.27. The highest BCUT2D eigenvalue weighted by molar-refractivity contribution is 6.30. The highest BCUT2D eigenvalue weighted by atomic mass is 35.5. The second-order valence-electron chi connectivity index (χ2n) is 4.88. The maximum absolute atomic E-state index is 13.8. The summed E-state index contributed by atoms with van der Waals surface area (Å²) in [5.74, 6) is -2.19. The molecule has 98 valence electrons. The molecule has 0 heterocycles. The zero-order chi connectivity index (χ0) is 13.1. The van der Waals surface area contributed by atoms with Crippen molar-refractivity contribution in [2.24, 2.45) is 5.92 Å². The van der Waals surface area contributed by atoms with Crippen LogP contribution in [-0.4, -0.2) is 11.1 Å². The summed E-state index contributed by atoms with van der Waals surface area (Å²) in [4.78, 5) is 11.5. The van der Waals surface area contributed by atoms with Crippen LogP contribution in [0.1, 0.15) is 43.6 Å². The fourth-order valence-electron chi connectivity index (χ4n) is 2.81. The Hall–Kier alpha value is -1.09. The van der Waals surface area contributed by atoms with Crippen molar-refractivity contribution < 1.29 is 14.3 Å². The lowest BCUT2D eigenvalue weighted by molar-refractivity contribution is -0.140. The minimum absolute atomic E-state index is 0.0178. The van der Waals surface area contributed by atoms with E-state index in [9.17, 15) is 14.3 Å². The van der Waals surface area contributed by atoms with Crippen molar-refractivity contribution in [3.8, 4) is 0 Å². The minimum atomic E-state index is -0.955. The largest absolute Gasteiger partial charge is 0.481 e. The number of carboxylic acid groups (broad SMARTS) is 1. The third-order valence-electron chi connectivity index (χ3n) is 3.68. The molecule has 1 N–H and O–H groups in total. The third-order valence-corrected chi connectivity index (χ3v) is 3.92. The third kappa shape index (κ3) is 2.83. The molecule has 0 aromatic heterocycles. The van der Waals surface area contributed by atoms with Gasteiger partial charge in [0.2, 0.25) is 0 Å². The van der Waals surface area contributed by atoms with E-state index < -0.39 is 17.7 Å². The Morgan fingerprint density at radius 3 is 2.61 bits per heavy atom. The molecule has 1 fully saturated rings. The lowest BCUT2D eigenvalue weighted by atomic mass is 9.76. The first-order valence-corrected chi connectivity index (χ1v) is 6.65. The molecule has 1 aromatic rings. The smallest absolute Gasteiger partial charge is 0.311 e. The van der Waals surface area contributed by atoms with Gasteiger partial charge in [-0.3, -0.25) is 4.79 Å². The molecule has 0 spiro atoms. The van der Waals surface area contributed by atoms with Crippen molar-refractivity contribution in [2.45, 2.75) is 38.0 Å². The van der Waals surface area contributed by atoms with Gasteiger partial charge in [-0.1, -0.05) is 30.9 Å². The summed E-state index contributed by atoms with van der Waals surface area (Å²) >= 11 is 5.84. The van der Waals surface area contributed by atoms with Crippen molar-refractivity contribution in [3.05, 3.63) is 34.6 Å². The van der Waals surface area contributed by atoms with Crippen molar-refractivity contribution in [3.63, 3.8) is 0 Å². The van der Waals surface area contributed by atoms with E-state index in [0.29, 0.717) is 5.02 Å². The molecular weight excluding hydrogens is 255 g/mol. The van der Waals surface area contributed by atoms with Gasteiger partial charge < -0.3 is 5.11 Å². The van der Waals surface area contributed by atoms with E-state index in [1.807, 2.05) is 0 Å². The van der Waals surface area contributed by atoms with E-state index in [-0.39, 0.29) is 11.5 Å². The van der Waals surface area contributed by atoms with Gasteiger partial charge in [0.25, 0.3) is 0 Å². The summed E-state index contributed by atoms with van der Waals surface area (Å²) in [7, 11) is 0. The van der Waals surface area contributed by atoms with Crippen LogP contribution in [0.5, 0.6) is 0 Å². The number of aliphatic carboxylic acids is 1. The average Bonchev–Trinajstić information content (AvgIpc) is 2.35. The molecule has 0 bridgehead atoms. The fraction of sp³-hybridized carbons (Fsp3) is 0.500. The maximum atomic E-state index is 13.8. The van der Waals surface area contributed by atoms with Crippen molar-refractivity contribution in [1.82, 2.24) is 0 Å². The predicted molar refractivity (Wildman–Crippen MR) is 68.4 cm³/mol. The lowest BCUT2D eigenvalue weighted by Crippen LogP contribution is -2.24. The number of halogens is 2. The van der Waals surface area contributed by atoms with Crippen molar-refractivity contribution in [1.29, 1.82) is 0 Å². The van der Waals surface area contributed by atoms with Crippen molar-refractivity contribution in [2.75, 3.05) is 0 Å². The zero-order valence-corrected chi connectivity index (χ0v) is 10.8. The van der Waals surface area contributed by atoms with Crippen LogP contribution >= 0.6 is 11.6 Å². The zero-order valence-electron chi connectivity index (χ0n) is 10.0. The van der Waals surface area contributed by atoms with Gasteiger partial charge in [0.05, 0.1) is 5.92 Å². The predicted octanol–water partition coefficient (Wildman–Crippen LogP) is 4.23. The van der Waals surface area contributed by atoms with Crippen LogP contribution in [0.2, 0.25) is 5.02 Å². The van der Waals surface area contributed by atoms with Crippen LogP contribution in [-0.2, 0) is 4.79 Å². The standard InChI is InChI=1S/C14H16ClFO2/c15-10-6-7-12(16)11(8-10)13(14(17)18)9-4-2-1-3-5-9/h6-9,13H,1-5H2,(H,17,18). The second-order valence-corrected chi connectivity index (χ2v) is 5.32. The molecule has 2 rings (SSSR count). The summed E-state index contributed by atoms with van der Waals surface area (Å²) in [6, 6.07) is 4.14. The Kier molecular flexibility index (Phi) is 4.23. The van der Waals surface area contributed by atoms with Gasteiger partial charge in [-0.2, -0.15) is 0 Å². The Morgan fingerprint density at radius 1 is 1.33 bits per heavy atom. The van der Waals surface area contributed by atoms with E-state index in [1.54, 1.807) is 0 Å². The fourth-order valence-corrected chi connectivity index (χ4v) is 2.99. The van der Waals surface area contributed by atoms with E-state index in [0.717, 1.165) is 32.1 Å². The molecule has 1 saturated carbocycles. The van der Waals surface area contributed by atoms with Crippen LogP contribution in [0.4, 0.5) is 4.39 Å². The Bertz CT molecular complexity index is 441. The second kappa shape index (κ2) is 5.70. The quantitative estimate of drug-likeness (QED) is 0.892. The average molecular weight is 271 g/mol. The molecule has 1 aliphatic carbocycles. The van der Waals surface area contributed by atoms with Crippen LogP contribution in [0.3, 0.4) is 0 Å². The monoisotopic (exact) mass is 270 g/mol. The van der Waals surface area contributed by atoms with Gasteiger partial charge in [0.15, 0.2) is 0 Å². The molecule has 18 heavy (non-hydrogen) atoms. The SMILES string of the molecule is O=C(O)C(c1cc(Cl)ccc1F)C1CCCCC1. The number of carboxylic acids is 1. The molecule has 1 atom stereocenters. The van der Waals surface area contributed by atoms with Gasteiger partial charge in [-0.15, -0.1) is 0 Å². The molecule has 0 saturated heterocycles. The number of rotatable bonds is 3. The van der Waals surface area contributed by atoms with Gasteiger partial charge in [-0.25, -0.2) is 4.39 Å². The summed E-state index contributed by atoms with van der Waals surface area (Å²) < 4.78 is 13.8. The Morgan fingerprint density at radius 2 is 2.00 bits per heavy atom. The summed E-state index contributed by atoms with van der Waals surface area (Å²) in [6.45, 7) is 0. The Balaban J connectivity index is 2.34. The molecule has 0 aliphatic heterocycles. The number of carbonyl (C=O) groups is 1. The van der Waals surface area contributed by atoms with Crippen LogP contribution in [0, 0.1) is 11.7 Å². The first-order chi connectivity index (χ1) is 8.59. The van der Waals surface area contributed by atoms with E-state index in [2.05, 4.69) is 0 Å². The van der Waals surface area contributed by atoms with Gasteiger partial charge in [0.1, 0.15) is 5.82 Å². The van der Waals surface area contributed by atoms with E-state index in [1.165, 1.54) is 18.2 Å². The molecule has 4 heteroatoms. The van der Waals surface area contributed by atoms with Gasteiger partial charge in [-0.05, 0) is 37.0 Å². The minimum Gasteiger partial charge on any atom is -0.481 e. The molecule has 2 nitrogen and oxygen atoms in total. The summed E-state index contributed by atoms with van der Waals surface area (Å²) in [5.41, 5.74) is 0.224. The summed E-state index contributed by atoms with van der Waals surface area (Å²) in [5, 5.41) is 9.77. The molecule has 0 radical (unpaired) electrons. The highest BCUT2D eigenvalue weighted by Gasteiger charge is 2.32. The number of benzene rings is 1. The van der Waals surface area contributed by atoms with E-state index in [4.69, 9.17) is 11.6 Å². The highest BCUT2D eigenvalue weighted by Crippen LogP contribution is 2.37. The van der Waals surface area contributed by atoms with Gasteiger partial charge >= 0.3 is 5.97 Å². The first kappa shape index (κ1) is 13.3. The lowest BCUT2D eigenvalue weighted by Gasteiger charge is -2.28. The van der Waals surface area contributed by atoms with Gasteiger partial charge in [0, 0.05) is 10.6 Å². The van der Waals surface area contributed by atoms with Crippen LogP contribution in [0.15, 0.2) is 18.2 Å². The van der Waals surface area contributed by atoms with E-state index >= 15 is 0 Å². The molecule has 1 unspecified atom stereocenters. The van der Waals surface area contributed by atoms with Crippen molar-refractivity contribution >= 4 is 17.6 Å². The number of hydrogen-bond donors (Lipinski definition) is 1. The van der Waals surface area contributed by atoms with Crippen LogP contribution < -0.4 is 0 Å². The molecule has 1 aliphatic rings. The van der Waals surface area contributed by atoms with Crippen LogP contribution in [0.25, 0.3) is 0 Å². The normalized spacial score (nSPS) is 18.6.